The molecule has 2 aromatic carbocycles. The predicted octanol–water partition coefficient (Wildman–Crippen LogP) is 5.17. The largest absolute Gasteiger partial charge is 0.348 e. The highest BCUT2D eigenvalue weighted by Crippen LogP contribution is 2.28. The third kappa shape index (κ3) is 4.85. The molecule has 2 fully saturated rings. The third-order valence-electron chi connectivity index (χ3n) is 7.41. The van der Waals surface area contributed by atoms with E-state index in [-0.39, 0.29) is 46.1 Å². The molecule has 0 radical (unpaired) electrons. The van der Waals surface area contributed by atoms with Gasteiger partial charge < -0.3 is 14.8 Å². The number of hydrogen-bond acceptors (Lipinski definition) is 3. The summed E-state index contributed by atoms with van der Waals surface area (Å²) in [5.41, 5.74) is 0.717. The molecule has 1 aromatic heterocycles. The van der Waals surface area contributed by atoms with Crippen LogP contribution in [0, 0.1) is 23.4 Å². The number of Topliss-reactive ketones (excluding diaryl/α,β-unsaturated/α-hetero) is 1. The van der Waals surface area contributed by atoms with E-state index in [0.29, 0.717) is 12.1 Å². The topological polar surface area (TPSA) is 56.4 Å². The van der Waals surface area contributed by atoms with Crippen LogP contribution in [0.15, 0.2) is 42.5 Å². The molecule has 1 amide bonds. The first-order valence-corrected chi connectivity index (χ1v) is 12.2. The zero-order valence-electron chi connectivity index (χ0n) is 19.4. The molecule has 3 heterocycles. The molecule has 5 nitrogen and oxygen atoms in total. The summed E-state index contributed by atoms with van der Waals surface area (Å²) in [6.45, 7) is 2.95. The van der Waals surface area contributed by atoms with Gasteiger partial charge in [-0.1, -0.05) is 0 Å². The van der Waals surface area contributed by atoms with Gasteiger partial charge in [-0.05, 0) is 87.7 Å². The van der Waals surface area contributed by atoms with Crippen molar-refractivity contribution in [2.75, 3.05) is 26.2 Å². The lowest BCUT2D eigenvalue weighted by atomic mass is 9.88. The van der Waals surface area contributed by atoms with Gasteiger partial charge in [-0.3, -0.25) is 9.59 Å². The molecular weight excluding hydrogens is 455 g/mol. The Morgan fingerprint density at radius 2 is 1.63 bits per heavy atom. The fourth-order valence-corrected chi connectivity index (χ4v) is 5.43. The fourth-order valence-electron chi connectivity index (χ4n) is 5.43. The number of nitrogens with one attached hydrogen (secondary N) is 1. The van der Waals surface area contributed by atoms with Crippen LogP contribution in [0.2, 0.25) is 0 Å². The first kappa shape index (κ1) is 23.6. The van der Waals surface area contributed by atoms with Crippen molar-refractivity contribution < 1.29 is 22.8 Å². The summed E-state index contributed by atoms with van der Waals surface area (Å²) < 4.78 is 41.5. The third-order valence-corrected chi connectivity index (χ3v) is 7.41. The monoisotopic (exact) mass is 483 g/mol. The Balaban J connectivity index is 1.16. The number of amides is 1. The van der Waals surface area contributed by atoms with Crippen molar-refractivity contribution in [2.45, 2.75) is 38.1 Å². The van der Waals surface area contributed by atoms with Gasteiger partial charge in [0, 0.05) is 36.0 Å². The average Bonchev–Trinajstić information content (AvgIpc) is 3.47. The summed E-state index contributed by atoms with van der Waals surface area (Å²) in [5, 5.41) is 0.212. The van der Waals surface area contributed by atoms with E-state index in [0.717, 1.165) is 51.7 Å². The lowest BCUT2D eigenvalue weighted by Gasteiger charge is -2.33. The lowest BCUT2D eigenvalue weighted by molar-refractivity contribution is 0.0696. The van der Waals surface area contributed by atoms with Crippen LogP contribution < -0.4 is 0 Å². The predicted molar refractivity (Wildman–Crippen MR) is 127 cm³/mol. The molecule has 8 heteroatoms. The minimum absolute atomic E-state index is 0.0172. The van der Waals surface area contributed by atoms with Gasteiger partial charge in [-0.15, -0.1) is 0 Å². The summed E-state index contributed by atoms with van der Waals surface area (Å²) in [5.74, 6) is -1.85. The van der Waals surface area contributed by atoms with Crippen LogP contribution >= 0.6 is 0 Å². The minimum atomic E-state index is -0.636. The number of piperidine rings is 1. The van der Waals surface area contributed by atoms with Crippen molar-refractivity contribution in [1.29, 1.82) is 0 Å². The maximum absolute atomic E-state index is 14.9. The van der Waals surface area contributed by atoms with Crippen molar-refractivity contribution in [3.63, 3.8) is 0 Å². The second-order valence-electron chi connectivity index (χ2n) is 9.57. The zero-order chi connectivity index (χ0) is 24.5. The number of aromatic amines is 1. The van der Waals surface area contributed by atoms with E-state index >= 15 is 0 Å². The van der Waals surface area contributed by atoms with Crippen molar-refractivity contribution in [3.8, 4) is 0 Å². The Labute approximate surface area is 201 Å². The molecule has 2 saturated heterocycles. The van der Waals surface area contributed by atoms with Crippen LogP contribution in [0.3, 0.4) is 0 Å². The van der Waals surface area contributed by atoms with Crippen LogP contribution in [-0.4, -0.2) is 58.7 Å². The van der Waals surface area contributed by atoms with Crippen LogP contribution in [0.1, 0.15) is 53.0 Å². The number of H-pyrrole nitrogens is 1. The maximum Gasteiger partial charge on any atom is 0.273 e. The molecule has 5 rings (SSSR count). The van der Waals surface area contributed by atoms with Gasteiger partial charge in [0.2, 0.25) is 0 Å². The van der Waals surface area contributed by atoms with Gasteiger partial charge in [0.1, 0.15) is 17.3 Å². The number of rotatable bonds is 6. The first-order valence-electron chi connectivity index (χ1n) is 12.2. The summed E-state index contributed by atoms with van der Waals surface area (Å²) in [6, 6.07) is 9.46. The average molecular weight is 484 g/mol. The van der Waals surface area contributed by atoms with Crippen LogP contribution in [0.4, 0.5) is 13.2 Å². The smallest absolute Gasteiger partial charge is 0.273 e. The lowest BCUT2D eigenvalue weighted by Crippen LogP contribution is -2.41. The SMILES string of the molecule is O=C(c1ccc(F)cc1)C1CCN(CC[C@@H]2CCCN2C(=O)c2[nH]c3cc(F)ccc3c2F)CC1. The first-order chi connectivity index (χ1) is 16.9. The van der Waals surface area contributed by atoms with Crippen LogP contribution in [-0.2, 0) is 0 Å². The van der Waals surface area contributed by atoms with E-state index in [1.54, 1.807) is 17.0 Å². The Hall–Kier alpha value is -3.13. The summed E-state index contributed by atoms with van der Waals surface area (Å²) >= 11 is 0. The quantitative estimate of drug-likeness (QED) is 0.492. The van der Waals surface area contributed by atoms with Crippen molar-refractivity contribution >= 4 is 22.6 Å². The summed E-state index contributed by atoms with van der Waals surface area (Å²) in [6.07, 6.45) is 4.00. The molecule has 0 spiro atoms. The van der Waals surface area contributed by atoms with E-state index in [1.165, 1.54) is 30.3 Å². The number of fused-ring (bicyclic) bond motifs is 1. The standard InChI is InChI=1S/C27H28F3N3O2/c28-19-5-3-17(4-6-19)26(34)18-9-13-32(14-10-18)15-11-21-2-1-12-33(21)27(35)25-24(30)22-8-7-20(29)16-23(22)31-25/h3-8,16,18,21,31H,1-2,9-15H2/t21-/m0/s1. The number of carbonyl (C=O) groups excluding carboxylic acids is 2. The molecule has 0 unspecified atom stereocenters. The van der Waals surface area contributed by atoms with Gasteiger partial charge in [0.15, 0.2) is 11.6 Å². The van der Waals surface area contributed by atoms with E-state index in [4.69, 9.17) is 0 Å². The number of carbonyl (C=O) groups is 2. The normalized spacial score (nSPS) is 19.5. The Bertz CT molecular complexity index is 1230. The zero-order valence-corrected chi connectivity index (χ0v) is 19.4. The molecule has 0 aliphatic carbocycles. The molecule has 35 heavy (non-hydrogen) atoms. The highest BCUT2D eigenvalue weighted by atomic mass is 19.1. The molecule has 2 aliphatic rings. The summed E-state index contributed by atoms with van der Waals surface area (Å²) in [4.78, 5) is 32.7. The summed E-state index contributed by atoms with van der Waals surface area (Å²) in [7, 11) is 0. The fraction of sp³-hybridized carbons (Fsp3) is 0.407. The number of hydrogen-bond donors (Lipinski definition) is 1. The number of likely N-dealkylation sites (tertiary alicyclic amines) is 2. The van der Waals surface area contributed by atoms with Gasteiger partial charge in [0.05, 0.1) is 5.52 Å². The molecule has 1 N–H and O–H groups in total. The van der Waals surface area contributed by atoms with Crippen molar-refractivity contribution in [2.24, 2.45) is 5.92 Å². The van der Waals surface area contributed by atoms with E-state index in [1.807, 2.05) is 0 Å². The minimum Gasteiger partial charge on any atom is -0.348 e. The molecule has 0 bridgehead atoms. The van der Waals surface area contributed by atoms with Gasteiger partial charge >= 0.3 is 0 Å². The number of aromatic nitrogens is 1. The van der Waals surface area contributed by atoms with E-state index < -0.39 is 11.6 Å². The highest BCUT2D eigenvalue weighted by Gasteiger charge is 2.33. The number of nitrogens with zero attached hydrogens (tertiary/aromatic N) is 2. The van der Waals surface area contributed by atoms with Crippen molar-refractivity contribution in [3.05, 3.63) is 71.2 Å². The van der Waals surface area contributed by atoms with Gasteiger partial charge in [-0.2, -0.15) is 0 Å². The number of benzene rings is 2. The van der Waals surface area contributed by atoms with E-state index in [2.05, 4.69) is 9.88 Å². The molecule has 2 aliphatic heterocycles. The van der Waals surface area contributed by atoms with E-state index in [9.17, 15) is 22.8 Å². The van der Waals surface area contributed by atoms with Gasteiger partial charge in [-0.25, -0.2) is 13.2 Å². The van der Waals surface area contributed by atoms with Crippen LogP contribution in [0.25, 0.3) is 10.9 Å². The Kier molecular flexibility index (Phi) is 6.65. The van der Waals surface area contributed by atoms with Gasteiger partial charge in [0.25, 0.3) is 5.91 Å². The molecule has 184 valence electrons. The Morgan fingerprint density at radius 1 is 0.914 bits per heavy atom. The second-order valence-corrected chi connectivity index (χ2v) is 9.57. The molecule has 3 aromatic rings. The second kappa shape index (κ2) is 9.85. The highest BCUT2D eigenvalue weighted by molar-refractivity contribution is 5.99. The maximum atomic E-state index is 14.9. The number of ketones is 1. The molecular formula is C27H28F3N3O2. The molecule has 1 atom stereocenters. The Morgan fingerprint density at radius 3 is 2.37 bits per heavy atom. The number of halogens is 3. The van der Waals surface area contributed by atoms with Crippen molar-refractivity contribution in [1.82, 2.24) is 14.8 Å². The molecule has 0 saturated carbocycles. The van der Waals surface area contributed by atoms with Crippen LogP contribution in [0.5, 0.6) is 0 Å².